The minimum atomic E-state index is -3.56. The summed E-state index contributed by atoms with van der Waals surface area (Å²) in [5, 5.41) is 0. The Morgan fingerprint density at radius 3 is 2.32 bits per heavy atom. The first-order valence-corrected chi connectivity index (χ1v) is 9.38. The zero-order chi connectivity index (χ0) is 18.6. The lowest BCUT2D eigenvalue weighted by molar-refractivity contribution is -0.104. The zero-order valence-corrected chi connectivity index (χ0v) is 14.8. The highest BCUT2D eigenvalue weighted by Gasteiger charge is 2.18. The highest BCUT2D eigenvalue weighted by Crippen LogP contribution is 2.30. The van der Waals surface area contributed by atoms with Crippen LogP contribution in [0.5, 0.6) is 0 Å². The number of halogens is 1. The molecule has 0 spiro atoms. The predicted octanol–water partition coefficient (Wildman–Crippen LogP) is 2.99. The Labute approximate surface area is 145 Å². The van der Waals surface area contributed by atoms with Gasteiger partial charge in [-0.25, -0.2) is 22.8 Å². The molecule has 0 atom stereocenters. The van der Waals surface area contributed by atoms with Crippen LogP contribution in [0.4, 0.5) is 10.3 Å². The standard InChI is InChI=1S/C17H18FN3O3S/c1-11(2)15-14(5-4-10-22)16(12-6-8-13(18)9-7-12)20-17(19-15)21-25(3,23)24/h4-11H,1-3H3,(H,19,20,21). The van der Waals surface area contributed by atoms with Crippen LogP contribution in [0.3, 0.4) is 0 Å². The smallest absolute Gasteiger partial charge is 0.237 e. The van der Waals surface area contributed by atoms with Crippen molar-refractivity contribution in [3.8, 4) is 11.3 Å². The van der Waals surface area contributed by atoms with E-state index in [-0.39, 0.29) is 11.9 Å². The van der Waals surface area contributed by atoms with Crippen LogP contribution < -0.4 is 4.72 Å². The fourth-order valence-corrected chi connectivity index (χ4v) is 2.69. The number of rotatable bonds is 6. The normalized spacial score (nSPS) is 11.9. The fourth-order valence-electron chi connectivity index (χ4n) is 2.27. The van der Waals surface area contributed by atoms with E-state index in [0.29, 0.717) is 28.8 Å². The van der Waals surface area contributed by atoms with E-state index in [1.807, 2.05) is 13.8 Å². The van der Waals surface area contributed by atoms with Crippen molar-refractivity contribution in [3.05, 3.63) is 47.4 Å². The number of hydrogen-bond donors (Lipinski definition) is 1. The Hall–Kier alpha value is -2.61. The van der Waals surface area contributed by atoms with Crippen molar-refractivity contribution in [2.24, 2.45) is 0 Å². The Balaban J connectivity index is 2.76. The van der Waals surface area contributed by atoms with Gasteiger partial charge in [0.1, 0.15) is 12.1 Å². The van der Waals surface area contributed by atoms with Crippen LogP contribution in [0.1, 0.15) is 31.0 Å². The van der Waals surface area contributed by atoms with Crippen molar-refractivity contribution in [3.63, 3.8) is 0 Å². The minimum Gasteiger partial charge on any atom is -0.299 e. The van der Waals surface area contributed by atoms with Gasteiger partial charge in [0.25, 0.3) is 0 Å². The monoisotopic (exact) mass is 363 g/mol. The van der Waals surface area contributed by atoms with Gasteiger partial charge in [0.05, 0.1) is 17.6 Å². The van der Waals surface area contributed by atoms with Crippen molar-refractivity contribution in [2.45, 2.75) is 19.8 Å². The van der Waals surface area contributed by atoms with E-state index in [0.717, 1.165) is 6.26 Å². The molecule has 0 saturated heterocycles. The zero-order valence-electron chi connectivity index (χ0n) is 14.0. The van der Waals surface area contributed by atoms with Gasteiger partial charge in [0, 0.05) is 11.1 Å². The molecule has 0 fully saturated rings. The quantitative estimate of drug-likeness (QED) is 0.629. The molecule has 0 saturated carbocycles. The van der Waals surface area contributed by atoms with Gasteiger partial charge in [0.15, 0.2) is 0 Å². The summed E-state index contributed by atoms with van der Waals surface area (Å²) in [5.41, 5.74) is 2.13. The number of hydrogen-bond acceptors (Lipinski definition) is 5. The lowest BCUT2D eigenvalue weighted by atomic mass is 9.98. The first kappa shape index (κ1) is 18.7. The summed E-state index contributed by atoms with van der Waals surface area (Å²) in [6.45, 7) is 3.78. The van der Waals surface area contributed by atoms with Gasteiger partial charge in [-0.3, -0.25) is 9.52 Å². The lowest BCUT2D eigenvalue weighted by Crippen LogP contribution is -2.15. The number of nitrogens with zero attached hydrogens (tertiary/aromatic N) is 2. The van der Waals surface area contributed by atoms with Gasteiger partial charge < -0.3 is 0 Å². The number of aldehydes is 1. The molecule has 1 aromatic carbocycles. The summed E-state index contributed by atoms with van der Waals surface area (Å²) >= 11 is 0. The molecular formula is C17H18FN3O3S. The highest BCUT2D eigenvalue weighted by atomic mass is 32.2. The fraction of sp³-hybridized carbons (Fsp3) is 0.235. The molecule has 0 radical (unpaired) electrons. The van der Waals surface area contributed by atoms with E-state index in [9.17, 15) is 17.6 Å². The number of anilines is 1. The van der Waals surface area contributed by atoms with Gasteiger partial charge in [-0.1, -0.05) is 13.8 Å². The predicted molar refractivity (Wildman–Crippen MR) is 95.1 cm³/mol. The van der Waals surface area contributed by atoms with Crippen LogP contribution in [-0.2, 0) is 14.8 Å². The third-order valence-corrected chi connectivity index (χ3v) is 3.81. The maximum Gasteiger partial charge on any atom is 0.237 e. The van der Waals surface area contributed by atoms with E-state index >= 15 is 0 Å². The van der Waals surface area contributed by atoms with E-state index in [2.05, 4.69) is 14.7 Å². The van der Waals surface area contributed by atoms with Crippen LogP contribution in [-0.4, -0.2) is 30.9 Å². The van der Waals surface area contributed by atoms with Gasteiger partial charge in [0.2, 0.25) is 16.0 Å². The summed E-state index contributed by atoms with van der Waals surface area (Å²) in [7, 11) is -3.56. The third-order valence-electron chi connectivity index (χ3n) is 3.26. The first-order valence-electron chi connectivity index (χ1n) is 7.48. The molecule has 2 aromatic rings. The van der Waals surface area contributed by atoms with Crippen LogP contribution >= 0.6 is 0 Å². The molecule has 0 unspecified atom stereocenters. The van der Waals surface area contributed by atoms with E-state index in [1.165, 1.54) is 30.3 Å². The van der Waals surface area contributed by atoms with Gasteiger partial charge in [-0.2, -0.15) is 0 Å². The van der Waals surface area contributed by atoms with Crippen molar-refractivity contribution in [1.29, 1.82) is 0 Å². The summed E-state index contributed by atoms with van der Waals surface area (Å²) in [6.07, 6.45) is 4.50. The van der Waals surface area contributed by atoms with Crippen LogP contribution in [0, 0.1) is 5.82 Å². The highest BCUT2D eigenvalue weighted by molar-refractivity contribution is 7.91. The first-order chi connectivity index (χ1) is 11.7. The summed E-state index contributed by atoms with van der Waals surface area (Å²) in [5.74, 6) is -0.538. The molecule has 25 heavy (non-hydrogen) atoms. The number of aromatic nitrogens is 2. The average Bonchev–Trinajstić information content (AvgIpc) is 2.52. The molecule has 0 aliphatic carbocycles. The maximum absolute atomic E-state index is 13.2. The number of allylic oxidation sites excluding steroid dienone is 1. The number of carbonyl (C=O) groups excluding carboxylic acids is 1. The number of benzene rings is 1. The molecule has 0 amide bonds. The van der Waals surface area contributed by atoms with Gasteiger partial charge in [-0.05, 0) is 42.3 Å². The Bertz CT molecular complexity index is 907. The summed E-state index contributed by atoms with van der Waals surface area (Å²) < 4.78 is 38.6. The average molecular weight is 363 g/mol. The summed E-state index contributed by atoms with van der Waals surface area (Å²) in [6, 6.07) is 5.63. The van der Waals surface area contributed by atoms with Crippen LogP contribution in [0.15, 0.2) is 30.3 Å². The molecule has 1 heterocycles. The van der Waals surface area contributed by atoms with Gasteiger partial charge >= 0.3 is 0 Å². The molecule has 0 aliphatic rings. The van der Waals surface area contributed by atoms with Crippen molar-refractivity contribution in [1.82, 2.24) is 9.97 Å². The lowest BCUT2D eigenvalue weighted by Gasteiger charge is -2.16. The van der Waals surface area contributed by atoms with E-state index in [4.69, 9.17) is 0 Å². The van der Waals surface area contributed by atoms with E-state index < -0.39 is 15.8 Å². The molecule has 132 valence electrons. The molecular weight excluding hydrogens is 345 g/mol. The van der Waals surface area contributed by atoms with Crippen molar-refractivity contribution < 1.29 is 17.6 Å². The molecule has 0 bridgehead atoms. The second-order valence-corrected chi connectivity index (χ2v) is 7.47. The van der Waals surface area contributed by atoms with Crippen LogP contribution in [0.2, 0.25) is 0 Å². The van der Waals surface area contributed by atoms with Crippen LogP contribution in [0.25, 0.3) is 17.3 Å². The molecule has 1 aromatic heterocycles. The Morgan fingerprint density at radius 2 is 1.80 bits per heavy atom. The summed E-state index contributed by atoms with van der Waals surface area (Å²) in [4.78, 5) is 19.3. The third kappa shape index (κ3) is 4.93. The number of carbonyl (C=O) groups is 1. The molecule has 1 N–H and O–H groups in total. The number of sulfonamides is 1. The molecule has 8 heteroatoms. The molecule has 6 nitrogen and oxygen atoms in total. The topological polar surface area (TPSA) is 89.0 Å². The Morgan fingerprint density at radius 1 is 1.16 bits per heavy atom. The molecule has 0 aliphatic heterocycles. The van der Waals surface area contributed by atoms with E-state index in [1.54, 1.807) is 6.08 Å². The maximum atomic E-state index is 13.2. The minimum absolute atomic E-state index is 0.0615. The molecule has 2 rings (SSSR count). The van der Waals surface area contributed by atoms with Crippen molar-refractivity contribution in [2.75, 3.05) is 11.0 Å². The van der Waals surface area contributed by atoms with Crippen molar-refractivity contribution >= 4 is 28.3 Å². The second-order valence-electron chi connectivity index (χ2n) is 5.73. The number of nitrogens with one attached hydrogen (secondary N) is 1. The Kier molecular flexibility index (Phi) is 5.63. The largest absolute Gasteiger partial charge is 0.299 e. The second kappa shape index (κ2) is 7.52. The van der Waals surface area contributed by atoms with Gasteiger partial charge in [-0.15, -0.1) is 0 Å². The SMILES string of the molecule is CC(C)c1nc(NS(C)(=O)=O)nc(-c2ccc(F)cc2)c1C=CC=O.